The standard InChI is InChI=1S/C24H34O9S2/c1-34(26,27)32-19-23(30-17-20-11-5-3-6-12-20)24(31-18-21-13-7-4-8-14-21)22(15-9-10-16-25)33-35(2,28)29/h3-8,11-14,22-25H,9-10,15-19H2,1-2H3/t22-,23+,24+/m1/s1. The molecule has 0 saturated heterocycles. The number of ether oxygens (including phenoxy) is 2. The van der Waals surface area contributed by atoms with Gasteiger partial charge < -0.3 is 14.6 Å². The number of benzene rings is 2. The zero-order valence-corrected chi connectivity index (χ0v) is 21.6. The average molecular weight is 531 g/mol. The van der Waals surface area contributed by atoms with Crippen LogP contribution < -0.4 is 0 Å². The third-order valence-corrected chi connectivity index (χ3v) is 6.13. The summed E-state index contributed by atoms with van der Waals surface area (Å²) in [6, 6.07) is 18.5. The summed E-state index contributed by atoms with van der Waals surface area (Å²) in [5.41, 5.74) is 1.66. The molecule has 2 aromatic rings. The molecular formula is C24H34O9S2. The van der Waals surface area contributed by atoms with E-state index in [1.807, 2.05) is 60.7 Å². The fourth-order valence-electron chi connectivity index (χ4n) is 3.38. The molecule has 0 spiro atoms. The van der Waals surface area contributed by atoms with Gasteiger partial charge in [-0.25, -0.2) is 0 Å². The van der Waals surface area contributed by atoms with Crippen molar-refractivity contribution in [2.75, 3.05) is 25.7 Å². The molecule has 0 aliphatic carbocycles. The van der Waals surface area contributed by atoms with E-state index in [0.29, 0.717) is 12.8 Å². The van der Waals surface area contributed by atoms with Crippen LogP contribution in [0.2, 0.25) is 0 Å². The molecule has 0 saturated carbocycles. The van der Waals surface area contributed by atoms with Gasteiger partial charge in [-0.05, 0) is 30.4 Å². The predicted octanol–water partition coefficient (Wildman–Crippen LogP) is 2.64. The Kier molecular flexibility index (Phi) is 12.3. The van der Waals surface area contributed by atoms with E-state index in [1.165, 1.54) is 0 Å². The van der Waals surface area contributed by atoms with E-state index in [4.69, 9.17) is 17.8 Å². The molecule has 0 radical (unpaired) electrons. The molecule has 0 aromatic heterocycles. The number of rotatable bonds is 17. The van der Waals surface area contributed by atoms with Crippen LogP contribution in [-0.2, 0) is 51.3 Å². The van der Waals surface area contributed by atoms with Crippen LogP contribution >= 0.6 is 0 Å². The van der Waals surface area contributed by atoms with Gasteiger partial charge in [-0.15, -0.1) is 0 Å². The maximum Gasteiger partial charge on any atom is 0.264 e. The first-order valence-corrected chi connectivity index (χ1v) is 14.9. The third kappa shape index (κ3) is 12.6. The van der Waals surface area contributed by atoms with Crippen molar-refractivity contribution >= 4 is 20.2 Å². The first-order valence-electron chi connectivity index (χ1n) is 11.2. The second kappa shape index (κ2) is 14.6. The van der Waals surface area contributed by atoms with Gasteiger partial charge >= 0.3 is 0 Å². The average Bonchev–Trinajstić information content (AvgIpc) is 2.80. The zero-order chi connectivity index (χ0) is 25.7. The fourth-order valence-corrected chi connectivity index (χ4v) is 4.41. The van der Waals surface area contributed by atoms with Gasteiger partial charge in [0.2, 0.25) is 0 Å². The van der Waals surface area contributed by atoms with Crippen LogP contribution in [0.5, 0.6) is 0 Å². The normalized spacial score (nSPS) is 14.9. The number of aliphatic hydroxyl groups is 1. The van der Waals surface area contributed by atoms with E-state index < -0.39 is 45.2 Å². The summed E-state index contributed by atoms with van der Waals surface area (Å²) in [6.07, 6.45) is 0.0228. The van der Waals surface area contributed by atoms with Crippen LogP contribution in [0.25, 0.3) is 0 Å². The summed E-state index contributed by atoms with van der Waals surface area (Å²) < 4.78 is 70.2. The second-order valence-electron chi connectivity index (χ2n) is 8.14. The van der Waals surface area contributed by atoms with E-state index >= 15 is 0 Å². The molecule has 0 aliphatic heterocycles. The maximum atomic E-state index is 12.1. The lowest BCUT2D eigenvalue weighted by Gasteiger charge is -2.33. The minimum Gasteiger partial charge on any atom is -0.396 e. The van der Waals surface area contributed by atoms with Crippen LogP contribution in [0.3, 0.4) is 0 Å². The summed E-state index contributed by atoms with van der Waals surface area (Å²) in [6.45, 7) is -0.230. The number of unbranched alkanes of at least 4 members (excludes halogenated alkanes) is 1. The number of hydrogen-bond acceptors (Lipinski definition) is 9. The first kappa shape index (κ1) is 29.4. The van der Waals surface area contributed by atoms with E-state index in [0.717, 1.165) is 23.6 Å². The Morgan fingerprint density at radius 2 is 1.29 bits per heavy atom. The molecule has 196 valence electrons. The molecule has 0 aliphatic rings. The quantitative estimate of drug-likeness (QED) is 0.243. The van der Waals surface area contributed by atoms with E-state index in [9.17, 15) is 21.9 Å². The van der Waals surface area contributed by atoms with Crippen LogP contribution in [0, 0.1) is 0 Å². The van der Waals surface area contributed by atoms with Crippen LogP contribution in [-0.4, -0.2) is 66.0 Å². The lowest BCUT2D eigenvalue weighted by Crippen LogP contribution is -2.46. The number of aliphatic hydroxyl groups excluding tert-OH is 1. The molecule has 0 heterocycles. The minimum atomic E-state index is -3.89. The molecule has 0 amide bonds. The number of hydrogen-bond donors (Lipinski definition) is 1. The van der Waals surface area contributed by atoms with Crippen LogP contribution in [0.4, 0.5) is 0 Å². The monoisotopic (exact) mass is 530 g/mol. The van der Waals surface area contributed by atoms with Crippen molar-refractivity contribution in [3.63, 3.8) is 0 Å². The topological polar surface area (TPSA) is 125 Å². The van der Waals surface area contributed by atoms with Gasteiger partial charge in [0.05, 0.1) is 32.3 Å². The Morgan fingerprint density at radius 1 is 0.743 bits per heavy atom. The van der Waals surface area contributed by atoms with Crippen molar-refractivity contribution < 1.29 is 39.8 Å². The molecule has 2 rings (SSSR count). The van der Waals surface area contributed by atoms with Crippen molar-refractivity contribution in [3.8, 4) is 0 Å². The van der Waals surface area contributed by atoms with Crippen LogP contribution in [0.1, 0.15) is 30.4 Å². The predicted molar refractivity (Wildman–Crippen MR) is 131 cm³/mol. The first-order chi connectivity index (χ1) is 16.6. The summed E-state index contributed by atoms with van der Waals surface area (Å²) >= 11 is 0. The molecule has 0 fully saturated rings. The van der Waals surface area contributed by atoms with Gasteiger partial charge in [0, 0.05) is 6.61 Å². The van der Waals surface area contributed by atoms with Crippen molar-refractivity contribution in [1.82, 2.24) is 0 Å². The smallest absolute Gasteiger partial charge is 0.264 e. The molecular weight excluding hydrogens is 496 g/mol. The van der Waals surface area contributed by atoms with Gasteiger partial charge in [-0.2, -0.15) is 16.8 Å². The van der Waals surface area contributed by atoms with Gasteiger partial charge in [0.25, 0.3) is 20.2 Å². The Hall–Kier alpha value is -1.86. The van der Waals surface area contributed by atoms with Crippen molar-refractivity contribution in [2.45, 2.75) is 50.8 Å². The Bertz CT molecular complexity index is 1060. The highest BCUT2D eigenvalue weighted by molar-refractivity contribution is 7.86. The fraction of sp³-hybridized carbons (Fsp3) is 0.500. The van der Waals surface area contributed by atoms with E-state index in [-0.39, 0.29) is 26.2 Å². The molecule has 9 nitrogen and oxygen atoms in total. The van der Waals surface area contributed by atoms with Gasteiger partial charge in [0.1, 0.15) is 18.3 Å². The molecule has 35 heavy (non-hydrogen) atoms. The lowest BCUT2D eigenvalue weighted by atomic mass is 10.0. The second-order valence-corrected chi connectivity index (χ2v) is 11.4. The Morgan fingerprint density at radius 3 is 1.77 bits per heavy atom. The van der Waals surface area contributed by atoms with Gasteiger partial charge in [-0.3, -0.25) is 8.37 Å². The molecule has 2 aromatic carbocycles. The molecule has 11 heteroatoms. The maximum absolute atomic E-state index is 12.1. The van der Waals surface area contributed by atoms with Gasteiger partial charge in [0.15, 0.2) is 0 Å². The van der Waals surface area contributed by atoms with Crippen molar-refractivity contribution in [2.24, 2.45) is 0 Å². The minimum absolute atomic E-state index is 0.0632. The highest BCUT2D eigenvalue weighted by Crippen LogP contribution is 2.23. The summed E-state index contributed by atoms with van der Waals surface area (Å²) in [4.78, 5) is 0. The highest BCUT2D eigenvalue weighted by Gasteiger charge is 2.35. The third-order valence-electron chi connectivity index (χ3n) is 4.97. The molecule has 0 unspecified atom stereocenters. The SMILES string of the molecule is CS(=O)(=O)OC[C@H](OCc1ccccc1)[C@@H](OCc1ccccc1)[C@@H](CCCCO)OS(C)(=O)=O. The molecule has 0 bridgehead atoms. The lowest BCUT2D eigenvalue weighted by molar-refractivity contribution is -0.136. The molecule has 3 atom stereocenters. The van der Waals surface area contributed by atoms with E-state index in [2.05, 4.69) is 0 Å². The zero-order valence-electron chi connectivity index (χ0n) is 20.0. The summed E-state index contributed by atoms with van der Waals surface area (Å²) in [5, 5.41) is 9.19. The Labute approximate surface area is 208 Å². The van der Waals surface area contributed by atoms with Crippen molar-refractivity contribution in [1.29, 1.82) is 0 Å². The summed E-state index contributed by atoms with van der Waals surface area (Å²) in [5.74, 6) is 0. The van der Waals surface area contributed by atoms with E-state index in [1.54, 1.807) is 0 Å². The highest BCUT2D eigenvalue weighted by atomic mass is 32.2. The largest absolute Gasteiger partial charge is 0.396 e. The molecule has 1 N–H and O–H groups in total. The van der Waals surface area contributed by atoms with Crippen molar-refractivity contribution in [3.05, 3.63) is 71.8 Å². The van der Waals surface area contributed by atoms with Crippen LogP contribution in [0.15, 0.2) is 60.7 Å². The van der Waals surface area contributed by atoms with Gasteiger partial charge in [-0.1, -0.05) is 60.7 Å². The summed E-state index contributed by atoms with van der Waals surface area (Å²) in [7, 11) is -7.70. The Balaban J connectivity index is 2.35.